The molecule has 1 unspecified atom stereocenters. The molecule has 0 spiro atoms. The van der Waals surface area contributed by atoms with Crippen molar-refractivity contribution >= 4 is 22.9 Å². The van der Waals surface area contributed by atoms with Crippen molar-refractivity contribution in [3.63, 3.8) is 0 Å². The van der Waals surface area contributed by atoms with Crippen molar-refractivity contribution in [3.05, 3.63) is 40.3 Å². The van der Waals surface area contributed by atoms with E-state index in [9.17, 15) is 4.79 Å². The largest absolute Gasteiger partial charge is 0.497 e. The van der Waals surface area contributed by atoms with Gasteiger partial charge in [-0.05, 0) is 82.8 Å². The minimum atomic E-state index is 0.103. The number of likely N-dealkylation sites (tertiary alicyclic amines) is 1. The predicted molar refractivity (Wildman–Crippen MR) is 118 cm³/mol. The van der Waals surface area contributed by atoms with Crippen LogP contribution in [0.15, 0.2) is 29.6 Å². The van der Waals surface area contributed by atoms with Gasteiger partial charge in [0.05, 0.1) is 17.8 Å². The summed E-state index contributed by atoms with van der Waals surface area (Å²) in [5.74, 6) is 1.85. The highest BCUT2D eigenvalue weighted by molar-refractivity contribution is 7.09. The first-order valence-corrected chi connectivity index (χ1v) is 11.5. The lowest BCUT2D eigenvalue weighted by Gasteiger charge is -2.36. The first kappa shape index (κ1) is 20.4. The number of rotatable bonds is 7. The molecule has 29 heavy (non-hydrogen) atoms. The Kier molecular flexibility index (Phi) is 6.20. The van der Waals surface area contributed by atoms with E-state index in [0.29, 0.717) is 11.8 Å². The molecule has 2 aromatic rings. The molecule has 4 rings (SSSR count). The molecule has 0 bridgehead atoms. The molecule has 1 saturated carbocycles. The van der Waals surface area contributed by atoms with Gasteiger partial charge in [0.15, 0.2) is 0 Å². The van der Waals surface area contributed by atoms with E-state index >= 15 is 0 Å². The molecule has 1 atom stereocenters. The van der Waals surface area contributed by atoms with Gasteiger partial charge in [-0.25, -0.2) is 4.98 Å². The Hall–Kier alpha value is -1.92. The summed E-state index contributed by atoms with van der Waals surface area (Å²) in [5.41, 5.74) is 2.15. The minimum absolute atomic E-state index is 0.103. The monoisotopic (exact) mass is 413 g/mol. The number of amides is 1. The number of benzene rings is 1. The van der Waals surface area contributed by atoms with Gasteiger partial charge in [0.2, 0.25) is 5.91 Å². The van der Waals surface area contributed by atoms with Crippen LogP contribution in [0.25, 0.3) is 0 Å². The minimum Gasteiger partial charge on any atom is -0.497 e. The number of methoxy groups -OCH3 is 1. The van der Waals surface area contributed by atoms with Crippen LogP contribution >= 0.6 is 11.3 Å². The molecule has 5 nitrogen and oxygen atoms in total. The highest BCUT2D eigenvalue weighted by Crippen LogP contribution is 2.38. The molecule has 2 fully saturated rings. The standard InChI is InChI=1S/C23H31N3O2S/c1-16(18-4-5-18)26(21-6-8-22(28-3)9-7-21)23(27)19-10-12-25(13-11-19)14-20-15-29-17(2)24-20/h6-9,15-16,18-19H,4-5,10-14H2,1-3H3. The van der Waals surface area contributed by atoms with Gasteiger partial charge in [0, 0.05) is 29.6 Å². The van der Waals surface area contributed by atoms with E-state index in [1.54, 1.807) is 18.4 Å². The maximum Gasteiger partial charge on any atom is 0.230 e. The maximum absolute atomic E-state index is 13.6. The quantitative estimate of drug-likeness (QED) is 0.670. The molecule has 1 saturated heterocycles. The molecular weight excluding hydrogens is 382 g/mol. The number of aryl methyl sites for hydroxylation is 1. The van der Waals surface area contributed by atoms with E-state index in [0.717, 1.165) is 54.6 Å². The van der Waals surface area contributed by atoms with E-state index in [1.165, 1.54) is 12.8 Å². The van der Waals surface area contributed by atoms with E-state index in [4.69, 9.17) is 4.74 Å². The fourth-order valence-corrected chi connectivity index (χ4v) is 4.94. The van der Waals surface area contributed by atoms with Gasteiger partial charge < -0.3 is 9.64 Å². The van der Waals surface area contributed by atoms with Crippen LogP contribution in [0.5, 0.6) is 5.75 Å². The highest BCUT2D eigenvalue weighted by atomic mass is 32.1. The van der Waals surface area contributed by atoms with Gasteiger partial charge in [-0.3, -0.25) is 9.69 Å². The van der Waals surface area contributed by atoms with Crippen LogP contribution in [0.3, 0.4) is 0 Å². The number of thiazole rings is 1. The van der Waals surface area contributed by atoms with Crippen LogP contribution in [0, 0.1) is 18.8 Å². The smallest absolute Gasteiger partial charge is 0.230 e. The van der Waals surface area contributed by atoms with Gasteiger partial charge in [-0.2, -0.15) is 0 Å². The van der Waals surface area contributed by atoms with Crippen LogP contribution in [0.2, 0.25) is 0 Å². The fraction of sp³-hybridized carbons (Fsp3) is 0.565. The number of aromatic nitrogens is 1. The van der Waals surface area contributed by atoms with Crippen molar-refractivity contribution < 1.29 is 9.53 Å². The Balaban J connectivity index is 1.42. The average Bonchev–Trinajstić information content (AvgIpc) is 3.51. The lowest BCUT2D eigenvalue weighted by atomic mass is 9.93. The zero-order chi connectivity index (χ0) is 20.4. The van der Waals surface area contributed by atoms with E-state index < -0.39 is 0 Å². The lowest BCUT2D eigenvalue weighted by molar-refractivity contribution is -0.124. The van der Waals surface area contributed by atoms with Crippen LogP contribution in [-0.2, 0) is 11.3 Å². The van der Waals surface area contributed by atoms with Crippen molar-refractivity contribution in [2.24, 2.45) is 11.8 Å². The van der Waals surface area contributed by atoms with Gasteiger partial charge in [-0.15, -0.1) is 11.3 Å². The Bertz CT molecular complexity index is 823. The number of carbonyl (C=O) groups excluding carboxylic acids is 1. The number of nitrogens with zero attached hydrogens (tertiary/aromatic N) is 3. The summed E-state index contributed by atoms with van der Waals surface area (Å²) in [6.07, 6.45) is 4.30. The second-order valence-corrected chi connectivity index (χ2v) is 9.45. The summed E-state index contributed by atoms with van der Waals surface area (Å²) in [6.45, 7) is 7.07. The molecule has 1 aliphatic heterocycles. The van der Waals surface area contributed by atoms with Gasteiger partial charge in [-0.1, -0.05) is 0 Å². The molecular formula is C23H31N3O2S. The summed E-state index contributed by atoms with van der Waals surface area (Å²) >= 11 is 1.71. The second-order valence-electron chi connectivity index (χ2n) is 8.39. The van der Waals surface area contributed by atoms with Crippen molar-refractivity contribution in [1.82, 2.24) is 9.88 Å². The Morgan fingerprint density at radius 2 is 1.93 bits per heavy atom. The summed E-state index contributed by atoms with van der Waals surface area (Å²) in [6, 6.07) is 8.21. The summed E-state index contributed by atoms with van der Waals surface area (Å²) < 4.78 is 5.29. The van der Waals surface area contributed by atoms with Gasteiger partial charge in [0.25, 0.3) is 0 Å². The number of hydrogen-bond donors (Lipinski definition) is 0. The number of piperidine rings is 1. The summed E-state index contributed by atoms with van der Waals surface area (Å²) in [4.78, 5) is 22.6. The topological polar surface area (TPSA) is 45.7 Å². The third kappa shape index (κ3) is 4.81. The molecule has 156 valence electrons. The first-order valence-electron chi connectivity index (χ1n) is 10.7. The molecule has 0 N–H and O–H groups in total. The van der Waals surface area contributed by atoms with Crippen molar-refractivity contribution in [2.45, 2.75) is 52.1 Å². The van der Waals surface area contributed by atoms with Gasteiger partial charge >= 0.3 is 0 Å². The maximum atomic E-state index is 13.6. The molecule has 1 amide bonds. The lowest BCUT2D eigenvalue weighted by Crippen LogP contribution is -2.46. The Morgan fingerprint density at radius 3 is 2.48 bits per heavy atom. The second kappa shape index (κ2) is 8.84. The van der Waals surface area contributed by atoms with E-state index in [1.807, 2.05) is 31.2 Å². The number of hydrogen-bond acceptors (Lipinski definition) is 5. The zero-order valence-corrected chi connectivity index (χ0v) is 18.5. The molecule has 1 aromatic heterocycles. The number of carbonyl (C=O) groups is 1. The van der Waals surface area contributed by atoms with Crippen LogP contribution < -0.4 is 9.64 Å². The fourth-order valence-electron chi connectivity index (χ4n) is 4.34. The first-order chi connectivity index (χ1) is 14.0. The SMILES string of the molecule is COc1ccc(N(C(=O)C2CCN(Cc3csc(C)n3)CC2)C(C)C2CC2)cc1. The Labute approximate surface area is 177 Å². The van der Waals surface area contributed by atoms with E-state index in [-0.39, 0.29) is 12.0 Å². The molecule has 1 aromatic carbocycles. The molecule has 2 heterocycles. The van der Waals surface area contributed by atoms with Crippen LogP contribution in [-0.4, -0.2) is 42.0 Å². The van der Waals surface area contributed by atoms with Gasteiger partial charge in [0.1, 0.15) is 5.75 Å². The average molecular weight is 414 g/mol. The van der Waals surface area contributed by atoms with Crippen molar-refractivity contribution in [1.29, 1.82) is 0 Å². The van der Waals surface area contributed by atoms with E-state index in [2.05, 4.69) is 27.1 Å². The highest BCUT2D eigenvalue weighted by Gasteiger charge is 2.38. The molecule has 2 aliphatic rings. The molecule has 6 heteroatoms. The normalized spacial score (nSPS) is 19.1. The third-order valence-corrected chi connectivity index (χ3v) is 7.11. The van der Waals surface area contributed by atoms with Crippen molar-refractivity contribution in [3.8, 4) is 5.75 Å². The summed E-state index contributed by atoms with van der Waals surface area (Å²) in [7, 11) is 1.67. The Morgan fingerprint density at radius 1 is 1.24 bits per heavy atom. The molecule has 1 aliphatic carbocycles. The number of anilines is 1. The number of ether oxygens (including phenoxy) is 1. The molecule has 0 radical (unpaired) electrons. The third-order valence-electron chi connectivity index (χ3n) is 6.29. The van der Waals surface area contributed by atoms with Crippen molar-refractivity contribution in [2.75, 3.05) is 25.1 Å². The zero-order valence-electron chi connectivity index (χ0n) is 17.6. The summed E-state index contributed by atoms with van der Waals surface area (Å²) in [5, 5.41) is 3.27. The van der Waals surface area contributed by atoms with Crippen LogP contribution in [0.1, 0.15) is 43.3 Å². The predicted octanol–water partition coefficient (Wildman–Crippen LogP) is 4.50. The van der Waals surface area contributed by atoms with Crippen LogP contribution in [0.4, 0.5) is 5.69 Å².